The predicted molar refractivity (Wildman–Crippen MR) is 122 cm³/mol. The van der Waals surface area contributed by atoms with Crippen molar-refractivity contribution in [2.75, 3.05) is 26.2 Å². The Morgan fingerprint density at radius 3 is 2.31 bits per heavy atom. The van der Waals surface area contributed by atoms with Gasteiger partial charge in [0.25, 0.3) is 0 Å². The van der Waals surface area contributed by atoms with E-state index < -0.39 is 15.8 Å². The third-order valence-electron chi connectivity index (χ3n) is 5.67. The molecule has 32 heavy (non-hydrogen) atoms. The van der Waals surface area contributed by atoms with Crippen LogP contribution in [0.2, 0.25) is 0 Å². The van der Waals surface area contributed by atoms with E-state index in [0.717, 1.165) is 11.8 Å². The number of halogens is 1. The molecular formula is C24H31FN2O4S. The second-order valence-electron chi connectivity index (χ2n) is 9.02. The molecule has 6 nitrogen and oxygen atoms in total. The summed E-state index contributed by atoms with van der Waals surface area (Å²) in [5, 5.41) is 2.86. The Kier molecular flexibility index (Phi) is 7.56. The number of carbonyl (C=O) groups is 1. The second kappa shape index (κ2) is 10.0. The molecule has 1 aliphatic heterocycles. The van der Waals surface area contributed by atoms with E-state index in [0.29, 0.717) is 26.0 Å². The van der Waals surface area contributed by atoms with Gasteiger partial charge in [-0.1, -0.05) is 45.0 Å². The van der Waals surface area contributed by atoms with Crippen LogP contribution in [0.5, 0.6) is 5.75 Å². The number of nitrogens with one attached hydrogen (secondary N) is 1. The van der Waals surface area contributed by atoms with Crippen molar-refractivity contribution in [3.05, 3.63) is 59.9 Å². The normalized spacial score (nSPS) is 16.0. The summed E-state index contributed by atoms with van der Waals surface area (Å²) in [5.74, 6) is -0.396. The molecule has 1 amide bonds. The van der Waals surface area contributed by atoms with E-state index in [2.05, 4.69) is 26.1 Å². The van der Waals surface area contributed by atoms with E-state index in [1.165, 1.54) is 28.1 Å². The third kappa shape index (κ3) is 5.86. The SMILES string of the molecule is CC(C)(C)c1ccc(OCCNC(=O)C2CCN(S(=O)(=O)c3ccccc3F)CC2)cc1. The van der Waals surface area contributed by atoms with Crippen LogP contribution in [0.15, 0.2) is 53.4 Å². The van der Waals surface area contributed by atoms with Crippen molar-refractivity contribution >= 4 is 15.9 Å². The Balaban J connectivity index is 1.42. The van der Waals surface area contributed by atoms with E-state index in [1.54, 1.807) is 0 Å². The minimum Gasteiger partial charge on any atom is -0.492 e. The van der Waals surface area contributed by atoms with Crippen LogP contribution in [0, 0.1) is 11.7 Å². The highest BCUT2D eigenvalue weighted by Crippen LogP contribution is 2.26. The first-order valence-corrected chi connectivity index (χ1v) is 12.3. The van der Waals surface area contributed by atoms with Gasteiger partial charge in [-0.05, 0) is 48.1 Å². The van der Waals surface area contributed by atoms with E-state index >= 15 is 0 Å². The number of ether oxygens (including phenoxy) is 1. The van der Waals surface area contributed by atoms with Crippen LogP contribution in [-0.2, 0) is 20.2 Å². The molecule has 1 saturated heterocycles. The number of amides is 1. The van der Waals surface area contributed by atoms with Gasteiger partial charge in [0, 0.05) is 19.0 Å². The van der Waals surface area contributed by atoms with E-state index in [1.807, 2.05) is 24.3 Å². The Morgan fingerprint density at radius 1 is 1.09 bits per heavy atom. The number of hydrogen-bond donors (Lipinski definition) is 1. The fraction of sp³-hybridized carbons (Fsp3) is 0.458. The van der Waals surface area contributed by atoms with Gasteiger partial charge in [-0.2, -0.15) is 4.31 Å². The summed E-state index contributed by atoms with van der Waals surface area (Å²) >= 11 is 0. The molecular weight excluding hydrogens is 431 g/mol. The number of benzene rings is 2. The monoisotopic (exact) mass is 462 g/mol. The van der Waals surface area contributed by atoms with Gasteiger partial charge in [0.15, 0.2) is 0 Å². The molecule has 0 spiro atoms. The van der Waals surface area contributed by atoms with Crippen molar-refractivity contribution in [2.24, 2.45) is 5.92 Å². The van der Waals surface area contributed by atoms with E-state index in [9.17, 15) is 17.6 Å². The summed E-state index contributed by atoms with van der Waals surface area (Å²) in [6, 6.07) is 13.3. The van der Waals surface area contributed by atoms with E-state index in [4.69, 9.17) is 4.74 Å². The molecule has 0 aromatic heterocycles. The van der Waals surface area contributed by atoms with Crippen molar-refractivity contribution in [1.29, 1.82) is 0 Å². The van der Waals surface area contributed by atoms with Gasteiger partial charge < -0.3 is 10.1 Å². The lowest BCUT2D eigenvalue weighted by Crippen LogP contribution is -2.43. The van der Waals surface area contributed by atoms with Crippen LogP contribution in [0.25, 0.3) is 0 Å². The molecule has 0 unspecified atom stereocenters. The molecule has 174 valence electrons. The molecule has 0 bridgehead atoms. The molecule has 1 heterocycles. The molecule has 3 rings (SSSR count). The van der Waals surface area contributed by atoms with Gasteiger partial charge >= 0.3 is 0 Å². The Bertz CT molecular complexity index is 1020. The van der Waals surface area contributed by atoms with Crippen LogP contribution >= 0.6 is 0 Å². The van der Waals surface area contributed by atoms with Gasteiger partial charge in [0.1, 0.15) is 23.1 Å². The lowest BCUT2D eigenvalue weighted by atomic mass is 9.87. The summed E-state index contributed by atoms with van der Waals surface area (Å²) < 4.78 is 46.2. The lowest BCUT2D eigenvalue weighted by Gasteiger charge is -2.30. The Labute approximate surface area is 189 Å². The zero-order chi connectivity index (χ0) is 23.4. The van der Waals surface area contributed by atoms with Gasteiger partial charge in [0.05, 0.1) is 6.54 Å². The average Bonchev–Trinajstić information content (AvgIpc) is 2.76. The van der Waals surface area contributed by atoms with Crippen molar-refractivity contribution < 1.29 is 22.3 Å². The molecule has 2 aromatic rings. The first-order chi connectivity index (χ1) is 15.1. The standard InChI is InChI=1S/C24H31FN2O4S/c1-24(2,3)19-8-10-20(11-9-19)31-17-14-26-23(28)18-12-15-27(16-13-18)32(29,30)22-7-5-4-6-21(22)25/h4-11,18H,12-17H2,1-3H3,(H,26,28). The Morgan fingerprint density at radius 2 is 1.72 bits per heavy atom. The number of hydrogen-bond acceptors (Lipinski definition) is 4. The first kappa shape index (κ1) is 24.2. The smallest absolute Gasteiger partial charge is 0.245 e. The molecule has 1 fully saturated rings. The number of piperidine rings is 1. The van der Waals surface area contributed by atoms with Gasteiger partial charge in [-0.25, -0.2) is 12.8 Å². The summed E-state index contributed by atoms with van der Waals surface area (Å²) in [6.07, 6.45) is 0.795. The van der Waals surface area contributed by atoms with Crippen molar-refractivity contribution in [3.63, 3.8) is 0 Å². The van der Waals surface area contributed by atoms with Gasteiger partial charge in [-0.3, -0.25) is 4.79 Å². The molecule has 1 N–H and O–H groups in total. The lowest BCUT2D eigenvalue weighted by molar-refractivity contribution is -0.126. The quantitative estimate of drug-likeness (QED) is 0.637. The van der Waals surface area contributed by atoms with Gasteiger partial charge in [-0.15, -0.1) is 0 Å². The summed E-state index contributed by atoms with van der Waals surface area (Å²) in [7, 11) is -3.90. The maximum Gasteiger partial charge on any atom is 0.245 e. The fourth-order valence-electron chi connectivity index (χ4n) is 3.69. The topological polar surface area (TPSA) is 75.7 Å². The molecule has 0 saturated carbocycles. The van der Waals surface area contributed by atoms with Crippen molar-refractivity contribution in [2.45, 2.75) is 43.9 Å². The largest absolute Gasteiger partial charge is 0.492 e. The fourth-order valence-corrected chi connectivity index (χ4v) is 5.22. The zero-order valence-electron chi connectivity index (χ0n) is 18.8. The molecule has 1 aliphatic rings. The minimum absolute atomic E-state index is 0.0800. The second-order valence-corrected chi connectivity index (χ2v) is 10.9. The highest BCUT2D eigenvalue weighted by Gasteiger charge is 2.33. The predicted octanol–water partition coefficient (Wildman–Crippen LogP) is 3.72. The van der Waals surface area contributed by atoms with Gasteiger partial charge in [0.2, 0.25) is 15.9 Å². The molecule has 8 heteroatoms. The molecule has 0 radical (unpaired) electrons. The van der Waals surface area contributed by atoms with Crippen LogP contribution in [0.4, 0.5) is 4.39 Å². The highest BCUT2D eigenvalue weighted by atomic mass is 32.2. The van der Waals surface area contributed by atoms with Crippen LogP contribution < -0.4 is 10.1 Å². The van der Waals surface area contributed by atoms with Crippen LogP contribution in [0.1, 0.15) is 39.2 Å². The summed E-state index contributed by atoms with van der Waals surface area (Å²) in [6.45, 7) is 7.54. The number of sulfonamides is 1. The van der Waals surface area contributed by atoms with Crippen molar-refractivity contribution in [1.82, 2.24) is 9.62 Å². The maximum absolute atomic E-state index is 13.9. The highest BCUT2D eigenvalue weighted by molar-refractivity contribution is 7.89. The average molecular weight is 463 g/mol. The Hall–Kier alpha value is -2.45. The van der Waals surface area contributed by atoms with Crippen LogP contribution in [-0.4, -0.2) is 44.9 Å². The van der Waals surface area contributed by atoms with E-state index in [-0.39, 0.29) is 35.2 Å². The minimum atomic E-state index is -3.90. The first-order valence-electron chi connectivity index (χ1n) is 10.8. The zero-order valence-corrected chi connectivity index (χ0v) is 19.6. The summed E-state index contributed by atoms with van der Waals surface area (Å²) in [5.41, 5.74) is 1.30. The number of rotatable bonds is 7. The van der Waals surface area contributed by atoms with Crippen molar-refractivity contribution in [3.8, 4) is 5.75 Å². The molecule has 0 aliphatic carbocycles. The summed E-state index contributed by atoms with van der Waals surface area (Å²) in [4.78, 5) is 12.1. The number of carbonyl (C=O) groups excluding carboxylic acids is 1. The van der Waals surface area contributed by atoms with Crippen LogP contribution in [0.3, 0.4) is 0 Å². The molecule has 2 aromatic carbocycles. The number of nitrogens with zero attached hydrogens (tertiary/aromatic N) is 1. The molecule has 0 atom stereocenters. The maximum atomic E-state index is 13.9. The third-order valence-corrected chi connectivity index (χ3v) is 7.60.